The zero-order chi connectivity index (χ0) is 13.9. The number of benzene rings is 2. The first-order valence-corrected chi connectivity index (χ1v) is 6.55. The van der Waals surface area contributed by atoms with Gasteiger partial charge in [-0.1, -0.05) is 38.1 Å². The normalized spacial score (nSPS) is 15.3. The fourth-order valence-electron chi connectivity index (χ4n) is 2.42. The van der Waals surface area contributed by atoms with E-state index in [0.29, 0.717) is 11.5 Å². The van der Waals surface area contributed by atoms with Crippen LogP contribution in [0.25, 0.3) is 0 Å². The Morgan fingerprint density at radius 3 is 2.16 bits per heavy atom. The zero-order valence-electron chi connectivity index (χ0n) is 11.4. The standard InChI is InChI=1S/C11H14O.C6H6O/c1-11(2)6-5-8-3-4-9(12)7-10(8)11;7-6-4-2-1-3-5-6/h3-4,7,12H,5-6H2,1-2H3;1-5,7H. The summed E-state index contributed by atoms with van der Waals surface area (Å²) < 4.78 is 0. The molecular weight excluding hydrogens is 236 g/mol. The van der Waals surface area contributed by atoms with Gasteiger partial charge in [0.25, 0.3) is 0 Å². The van der Waals surface area contributed by atoms with Gasteiger partial charge in [-0.25, -0.2) is 0 Å². The Balaban J connectivity index is 0.000000163. The van der Waals surface area contributed by atoms with Crippen molar-refractivity contribution in [3.63, 3.8) is 0 Å². The van der Waals surface area contributed by atoms with Crippen molar-refractivity contribution in [3.05, 3.63) is 59.7 Å². The molecule has 0 aliphatic heterocycles. The van der Waals surface area contributed by atoms with Gasteiger partial charge in [0.15, 0.2) is 0 Å². The molecule has 0 unspecified atom stereocenters. The summed E-state index contributed by atoms with van der Waals surface area (Å²) in [5.41, 5.74) is 2.98. The molecule has 100 valence electrons. The highest BCUT2D eigenvalue weighted by atomic mass is 16.3. The highest BCUT2D eigenvalue weighted by molar-refractivity contribution is 5.42. The lowest BCUT2D eigenvalue weighted by Crippen LogP contribution is -2.11. The van der Waals surface area contributed by atoms with Gasteiger partial charge >= 0.3 is 0 Å². The van der Waals surface area contributed by atoms with Crippen LogP contribution in [0.4, 0.5) is 0 Å². The number of aryl methyl sites for hydroxylation is 1. The SMILES string of the molecule is CC1(C)CCc2ccc(O)cc21.Oc1ccccc1. The van der Waals surface area contributed by atoms with Gasteiger partial charge in [0.2, 0.25) is 0 Å². The molecule has 0 spiro atoms. The molecule has 0 saturated heterocycles. The predicted molar refractivity (Wildman–Crippen MR) is 77.6 cm³/mol. The molecule has 0 atom stereocenters. The van der Waals surface area contributed by atoms with Gasteiger partial charge in [0.05, 0.1) is 0 Å². The maximum Gasteiger partial charge on any atom is 0.115 e. The van der Waals surface area contributed by atoms with Crippen LogP contribution in [0.5, 0.6) is 11.5 Å². The molecule has 2 aromatic carbocycles. The van der Waals surface area contributed by atoms with Crippen LogP contribution in [0.15, 0.2) is 48.5 Å². The first kappa shape index (κ1) is 13.5. The number of fused-ring (bicyclic) bond motifs is 1. The number of phenolic OH excluding ortho intramolecular Hbond substituents is 2. The average molecular weight is 256 g/mol. The summed E-state index contributed by atoms with van der Waals surface area (Å²) in [6.07, 6.45) is 2.36. The fraction of sp³-hybridized carbons (Fsp3) is 0.294. The van der Waals surface area contributed by atoms with E-state index in [-0.39, 0.29) is 5.41 Å². The Morgan fingerprint density at radius 2 is 1.58 bits per heavy atom. The molecule has 19 heavy (non-hydrogen) atoms. The third kappa shape index (κ3) is 3.28. The number of aromatic hydroxyl groups is 2. The Bertz CT molecular complexity index is 544. The summed E-state index contributed by atoms with van der Waals surface area (Å²) in [5.74, 6) is 0.714. The summed E-state index contributed by atoms with van der Waals surface area (Å²) >= 11 is 0. The van der Waals surface area contributed by atoms with Gasteiger partial charge in [0, 0.05) is 0 Å². The van der Waals surface area contributed by atoms with Crippen LogP contribution in [0, 0.1) is 0 Å². The molecule has 0 fully saturated rings. The van der Waals surface area contributed by atoms with Crippen LogP contribution in [0.2, 0.25) is 0 Å². The van der Waals surface area contributed by atoms with E-state index in [9.17, 15) is 5.11 Å². The molecule has 0 bridgehead atoms. The van der Waals surface area contributed by atoms with Crippen molar-refractivity contribution in [2.45, 2.75) is 32.1 Å². The Kier molecular flexibility index (Phi) is 3.79. The molecule has 3 rings (SSSR count). The molecule has 2 aromatic rings. The van der Waals surface area contributed by atoms with Gasteiger partial charge < -0.3 is 10.2 Å². The summed E-state index contributed by atoms with van der Waals surface area (Å²) in [6.45, 7) is 4.47. The third-order valence-electron chi connectivity index (χ3n) is 3.60. The van der Waals surface area contributed by atoms with Crippen LogP contribution in [0.1, 0.15) is 31.4 Å². The monoisotopic (exact) mass is 256 g/mol. The third-order valence-corrected chi connectivity index (χ3v) is 3.60. The highest BCUT2D eigenvalue weighted by Gasteiger charge is 2.29. The number of para-hydroxylation sites is 1. The maximum absolute atomic E-state index is 9.33. The van der Waals surface area contributed by atoms with Gasteiger partial charge in [-0.2, -0.15) is 0 Å². The minimum Gasteiger partial charge on any atom is -0.508 e. The zero-order valence-corrected chi connectivity index (χ0v) is 11.4. The lowest BCUT2D eigenvalue weighted by Gasteiger charge is -2.18. The molecule has 0 amide bonds. The Labute approximate surface area is 114 Å². The van der Waals surface area contributed by atoms with E-state index in [1.54, 1.807) is 30.3 Å². The molecule has 0 saturated carbocycles. The lowest BCUT2D eigenvalue weighted by molar-refractivity contribution is 0.469. The Hall–Kier alpha value is -1.96. The first-order chi connectivity index (χ1) is 8.99. The molecule has 0 radical (unpaired) electrons. The Morgan fingerprint density at radius 1 is 0.895 bits per heavy atom. The smallest absolute Gasteiger partial charge is 0.115 e. The summed E-state index contributed by atoms with van der Waals surface area (Å²) in [7, 11) is 0. The van der Waals surface area contributed by atoms with Gasteiger partial charge in [0.1, 0.15) is 11.5 Å². The van der Waals surface area contributed by atoms with Crippen molar-refractivity contribution in [2.24, 2.45) is 0 Å². The van der Waals surface area contributed by atoms with E-state index in [2.05, 4.69) is 13.8 Å². The minimum atomic E-state index is 0.258. The van der Waals surface area contributed by atoms with E-state index in [1.165, 1.54) is 17.5 Å². The minimum absolute atomic E-state index is 0.258. The predicted octanol–water partition coefficient (Wildman–Crippen LogP) is 4.01. The number of phenols is 2. The quantitative estimate of drug-likeness (QED) is 0.747. The van der Waals surface area contributed by atoms with E-state index in [1.807, 2.05) is 18.2 Å². The second kappa shape index (κ2) is 5.35. The molecule has 0 aromatic heterocycles. The maximum atomic E-state index is 9.33. The molecule has 2 nitrogen and oxygen atoms in total. The number of rotatable bonds is 0. The average Bonchev–Trinajstić information content (AvgIpc) is 2.67. The van der Waals surface area contributed by atoms with Crippen LogP contribution in [-0.4, -0.2) is 10.2 Å². The van der Waals surface area contributed by atoms with E-state index >= 15 is 0 Å². The molecule has 1 aliphatic rings. The van der Waals surface area contributed by atoms with Crippen molar-refractivity contribution < 1.29 is 10.2 Å². The molecular formula is C17H20O2. The van der Waals surface area contributed by atoms with E-state index in [4.69, 9.17) is 5.11 Å². The summed E-state index contributed by atoms with van der Waals surface area (Å²) in [6, 6.07) is 14.4. The number of hydrogen-bond acceptors (Lipinski definition) is 2. The van der Waals surface area contributed by atoms with Gasteiger partial charge in [-0.3, -0.25) is 0 Å². The van der Waals surface area contributed by atoms with Gasteiger partial charge in [-0.15, -0.1) is 0 Å². The van der Waals surface area contributed by atoms with Crippen LogP contribution in [-0.2, 0) is 11.8 Å². The van der Waals surface area contributed by atoms with Crippen molar-refractivity contribution in [3.8, 4) is 11.5 Å². The van der Waals surface area contributed by atoms with Crippen molar-refractivity contribution in [2.75, 3.05) is 0 Å². The van der Waals surface area contributed by atoms with E-state index < -0.39 is 0 Å². The highest BCUT2D eigenvalue weighted by Crippen LogP contribution is 2.39. The summed E-state index contributed by atoms with van der Waals surface area (Å²) in [4.78, 5) is 0. The fourth-order valence-corrected chi connectivity index (χ4v) is 2.42. The molecule has 0 heterocycles. The molecule has 2 heteroatoms. The van der Waals surface area contributed by atoms with Crippen LogP contribution >= 0.6 is 0 Å². The van der Waals surface area contributed by atoms with Crippen LogP contribution < -0.4 is 0 Å². The van der Waals surface area contributed by atoms with Gasteiger partial charge in [-0.05, 0) is 53.6 Å². The molecule has 2 N–H and O–H groups in total. The largest absolute Gasteiger partial charge is 0.508 e. The first-order valence-electron chi connectivity index (χ1n) is 6.55. The number of hydrogen-bond donors (Lipinski definition) is 2. The lowest BCUT2D eigenvalue weighted by atomic mass is 9.86. The second-order valence-corrected chi connectivity index (χ2v) is 5.56. The van der Waals surface area contributed by atoms with Crippen molar-refractivity contribution >= 4 is 0 Å². The van der Waals surface area contributed by atoms with E-state index in [0.717, 1.165) is 6.42 Å². The second-order valence-electron chi connectivity index (χ2n) is 5.56. The van der Waals surface area contributed by atoms with Crippen molar-refractivity contribution in [1.29, 1.82) is 0 Å². The van der Waals surface area contributed by atoms with Crippen LogP contribution in [0.3, 0.4) is 0 Å². The van der Waals surface area contributed by atoms with Crippen molar-refractivity contribution in [1.82, 2.24) is 0 Å². The topological polar surface area (TPSA) is 40.5 Å². The summed E-state index contributed by atoms with van der Waals surface area (Å²) in [5, 5.41) is 18.0. The molecule has 1 aliphatic carbocycles.